The second-order valence-corrected chi connectivity index (χ2v) is 6.91. The second-order valence-electron chi connectivity index (χ2n) is 6.91. The van der Waals surface area contributed by atoms with Crippen LogP contribution in [0.4, 0.5) is 0 Å². The van der Waals surface area contributed by atoms with Gasteiger partial charge in [-0.05, 0) is 36.0 Å². The van der Waals surface area contributed by atoms with Gasteiger partial charge in [-0.2, -0.15) is 0 Å². The highest BCUT2D eigenvalue weighted by Gasteiger charge is 2.16. The summed E-state index contributed by atoms with van der Waals surface area (Å²) >= 11 is 0. The number of rotatable bonds is 10. The van der Waals surface area contributed by atoms with Crippen LogP contribution in [0.2, 0.25) is 0 Å². The van der Waals surface area contributed by atoms with Crippen molar-refractivity contribution in [1.82, 2.24) is 0 Å². The van der Waals surface area contributed by atoms with Gasteiger partial charge in [0.25, 0.3) is 0 Å². The van der Waals surface area contributed by atoms with Crippen molar-refractivity contribution in [3.05, 3.63) is 65.2 Å². The zero-order chi connectivity index (χ0) is 18.1. The minimum absolute atomic E-state index is 0.188. The highest BCUT2D eigenvalue weighted by Crippen LogP contribution is 2.28. The van der Waals surface area contributed by atoms with Crippen LogP contribution < -0.4 is 0 Å². The van der Waals surface area contributed by atoms with Crippen molar-refractivity contribution in [2.24, 2.45) is 0 Å². The minimum atomic E-state index is 0.188. The third-order valence-corrected chi connectivity index (χ3v) is 4.82. The van der Waals surface area contributed by atoms with E-state index in [1.807, 2.05) is 36.4 Å². The predicted molar refractivity (Wildman–Crippen MR) is 104 cm³/mol. The number of para-hydroxylation sites is 1. The first kappa shape index (κ1) is 19.2. The Bertz CT molecular complexity index is 675. The number of hydrogen-bond acceptors (Lipinski definition) is 2. The molecule has 0 amide bonds. The van der Waals surface area contributed by atoms with Crippen LogP contribution >= 0.6 is 0 Å². The van der Waals surface area contributed by atoms with Crippen molar-refractivity contribution in [1.29, 1.82) is 0 Å². The largest absolute Gasteiger partial charge is 0.508 e. The molecule has 134 valence electrons. The van der Waals surface area contributed by atoms with Crippen LogP contribution in [-0.4, -0.2) is 10.9 Å². The first-order valence-electron chi connectivity index (χ1n) is 9.52. The fourth-order valence-corrected chi connectivity index (χ4v) is 3.33. The number of aromatic hydroxyl groups is 1. The van der Waals surface area contributed by atoms with Gasteiger partial charge in [0.2, 0.25) is 0 Å². The number of benzene rings is 2. The van der Waals surface area contributed by atoms with Gasteiger partial charge < -0.3 is 5.11 Å². The molecule has 0 bridgehead atoms. The van der Waals surface area contributed by atoms with Gasteiger partial charge in [0.05, 0.1) is 0 Å². The lowest BCUT2D eigenvalue weighted by molar-refractivity contribution is 0.0977. The maximum atomic E-state index is 12.7. The van der Waals surface area contributed by atoms with Crippen molar-refractivity contribution >= 4 is 5.78 Å². The molecule has 1 N–H and O–H groups in total. The lowest BCUT2D eigenvalue weighted by Crippen LogP contribution is -2.08. The van der Waals surface area contributed by atoms with E-state index in [-0.39, 0.29) is 11.7 Å². The molecule has 2 rings (SSSR count). The molecule has 1 unspecified atom stereocenters. The van der Waals surface area contributed by atoms with Gasteiger partial charge in [0, 0.05) is 12.0 Å². The van der Waals surface area contributed by atoms with E-state index in [0.717, 1.165) is 36.0 Å². The molecule has 0 saturated carbocycles. The lowest BCUT2D eigenvalue weighted by atomic mass is 9.87. The van der Waals surface area contributed by atoms with Crippen LogP contribution in [0.15, 0.2) is 48.5 Å². The van der Waals surface area contributed by atoms with Gasteiger partial charge in [0.1, 0.15) is 5.75 Å². The maximum Gasteiger partial charge on any atom is 0.163 e. The number of hydrogen-bond donors (Lipinski definition) is 1. The van der Waals surface area contributed by atoms with Gasteiger partial charge in [0.15, 0.2) is 5.78 Å². The molecule has 0 heterocycles. The molecule has 2 aromatic rings. The van der Waals surface area contributed by atoms with Crippen LogP contribution in [0, 0.1) is 0 Å². The summed E-state index contributed by atoms with van der Waals surface area (Å²) in [7, 11) is 0. The van der Waals surface area contributed by atoms with Gasteiger partial charge in [-0.3, -0.25) is 4.79 Å². The van der Waals surface area contributed by atoms with Crippen molar-refractivity contribution in [2.45, 2.75) is 64.7 Å². The fourth-order valence-electron chi connectivity index (χ4n) is 3.33. The number of carbonyl (C=O) groups is 1. The standard InChI is InChI=1S/C23H30O2/c1-3-4-5-6-7-16-23(25)21-14-10-9-13-20(21)18(2)17-19-12-8-11-15-22(19)24/h8-15,18,24H,3-7,16-17H2,1-2H3. The number of unbranched alkanes of at least 4 members (excludes halogenated alkanes) is 4. The van der Waals surface area contributed by atoms with Crippen LogP contribution in [0.25, 0.3) is 0 Å². The predicted octanol–water partition coefficient (Wildman–Crippen LogP) is 6.28. The maximum absolute atomic E-state index is 12.7. The van der Waals surface area contributed by atoms with Gasteiger partial charge in [-0.25, -0.2) is 0 Å². The normalized spacial score (nSPS) is 12.1. The Balaban J connectivity index is 2.04. The summed E-state index contributed by atoms with van der Waals surface area (Å²) in [5.41, 5.74) is 2.86. The van der Waals surface area contributed by atoms with E-state index >= 15 is 0 Å². The highest BCUT2D eigenvalue weighted by atomic mass is 16.3. The molecule has 2 heteroatoms. The van der Waals surface area contributed by atoms with E-state index in [1.54, 1.807) is 6.07 Å². The Morgan fingerprint density at radius 3 is 2.40 bits per heavy atom. The Labute approximate surface area is 151 Å². The number of ketones is 1. The fraction of sp³-hybridized carbons (Fsp3) is 0.435. The lowest BCUT2D eigenvalue weighted by Gasteiger charge is -2.17. The molecular weight excluding hydrogens is 308 g/mol. The molecule has 0 aliphatic carbocycles. The van der Waals surface area contributed by atoms with Gasteiger partial charge >= 0.3 is 0 Å². The SMILES string of the molecule is CCCCCCCC(=O)c1ccccc1C(C)Cc1ccccc1O. The molecule has 0 radical (unpaired) electrons. The molecule has 0 aliphatic rings. The summed E-state index contributed by atoms with van der Waals surface area (Å²) in [4.78, 5) is 12.7. The van der Waals surface area contributed by atoms with E-state index in [1.165, 1.54) is 19.3 Å². The summed E-state index contributed by atoms with van der Waals surface area (Å²) in [5.74, 6) is 0.763. The third kappa shape index (κ3) is 5.74. The molecule has 25 heavy (non-hydrogen) atoms. The first-order chi connectivity index (χ1) is 12.1. The van der Waals surface area contributed by atoms with E-state index in [0.29, 0.717) is 12.2 Å². The molecule has 0 spiro atoms. The van der Waals surface area contributed by atoms with Crippen LogP contribution in [0.1, 0.15) is 79.8 Å². The third-order valence-electron chi connectivity index (χ3n) is 4.82. The molecule has 2 aromatic carbocycles. The summed E-state index contributed by atoms with van der Waals surface area (Å²) < 4.78 is 0. The number of phenols is 1. The summed E-state index contributed by atoms with van der Waals surface area (Å²) in [6.45, 7) is 4.33. The van der Waals surface area contributed by atoms with E-state index in [4.69, 9.17) is 0 Å². The molecule has 0 saturated heterocycles. The number of phenolic OH excluding ortho intramolecular Hbond substituents is 1. The van der Waals surface area contributed by atoms with Crippen LogP contribution in [0.3, 0.4) is 0 Å². The van der Waals surface area contributed by atoms with Crippen LogP contribution in [-0.2, 0) is 6.42 Å². The van der Waals surface area contributed by atoms with Gasteiger partial charge in [-0.1, -0.05) is 82.0 Å². The Hall–Kier alpha value is -2.09. The van der Waals surface area contributed by atoms with Crippen molar-refractivity contribution in [2.75, 3.05) is 0 Å². The second kappa shape index (κ2) is 10.0. The molecular formula is C23H30O2. The molecule has 0 fully saturated rings. The number of Topliss-reactive ketones (excluding diaryl/α,β-unsaturated/α-hetero) is 1. The van der Waals surface area contributed by atoms with Crippen molar-refractivity contribution < 1.29 is 9.90 Å². The molecule has 0 aromatic heterocycles. The Morgan fingerprint density at radius 2 is 1.64 bits per heavy atom. The topological polar surface area (TPSA) is 37.3 Å². The highest BCUT2D eigenvalue weighted by molar-refractivity contribution is 5.97. The smallest absolute Gasteiger partial charge is 0.163 e. The Morgan fingerprint density at radius 1 is 0.960 bits per heavy atom. The van der Waals surface area contributed by atoms with Crippen LogP contribution in [0.5, 0.6) is 5.75 Å². The van der Waals surface area contributed by atoms with Crippen molar-refractivity contribution in [3.8, 4) is 5.75 Å². The molecule has 1 atom stereocenters. The zero-order valence-corrected chi connectivity index (χ0v) is 15.5. The summed E-state index contributed by atoms with van der Waals surface area (Å²) in [6.07, 6.45) is 7.16. The summed E-state index contributed by atoms with van der Waals surface area (Å²) in [5, 5.41) is 10.0. The average Bonchev–Trinajstić information content (AvgIpc) is 2.63. The van der Waals surface area contributed by atoms with Gasteiger partial charge in [-0.15, -0.1) is 0 Å². The minimum Gasteiger partial charge on any atom is -0.508 e. The number of carbonyl (C=O) groups excluding carboxylic acids is 1. The first-order valence-corrected chi connectivity index (χ1v) is 9.52. The molecule has 2 nitrogen and oxygen atoms in total. The monoisotopic (exact) mass is 338 g/mol. The summed E-state index contributed by atoms with van der Waals surface area (Å²) in [6, 6.07) is 15.4. The average molecular weight is 338 g/mol. The zero-order valence-electron chi connectivity index (χ0n) is 15.5. The van der Waals surface area contributed by atoms with E-state index in [2.05, 4.69) is 19.9 Å². The van der Waals surface area contributed by atoms with Crippen molar-refractivity contribution in [3.63, 3.8) is 0 Å². The van der Waals surface area contributed by atoms with E-state index in [9.17, 15) is 9.90 Å². The Kier molecular flexibility index (Phi) is 7.72. The van der Waals surface area contributed by atoms with E-state index < -0.39 is 0 Å². The molecule has 0 aliphatic heterocycles. The quantitative estimate of drug-likeness (QED) is 0.409.